The summed E-state index contributed by atoms with van der Waals surface area (Å²) in [5, 5.41) is 0. The molecular formula is C17H21NO4S. The highest BCUT2D eigenvalue weighted by Gasteiger charge is 2.21. The summed E-state index contributed by atoms with van der Waals surface area (Å²) in [6.07, 6.45) is 0. The Morgan fingerprint density at radius 1 is 1.00 bits per heavy atom. The Balaban J connectivity index is 2.27. The molecule has 0 saturated carbocycles. The van der Waals surface area contributed by atoms with E-state index in [-0.39, 0.29) is 11.6 Å². The van der Waals surface area contributed by atoms with E-state index in [0.29, 0.717) is 24.3 Å². The van der Waals surface area contributed by atoms with Crippen molar-refractivity contribution in [1.29, 1.82) is 0 Å². The summed E-state index contributed by atoms with van der Waals surface area (Å²) in [4.78, 5) is 0.279. The van der Waals surface area contributed by atoms with Gasteiger partial charge in [0.05, 0.1) is 18.1 Å². The second-order valence-corrected chi connectivity index (χ2v) is 6.71. The monoisotopic (exact) mass is 335 g/mol. The third-order valence-corrected chi connectivity index (χ3v) is 4.93. The molecule has 0 aliphatic rings. The van der Waals surface area contributed by atoms with Gasteiger partial charge in [-0.25, -0.2) is 8.42 Å². The number of hydrogen-bond donors (Lipinski definition) is 1. The summed E-state index contributed by atoms with van der Waals surface area (Å²) in [7, 11) is -2.11. The van der Waals surface area contributed by atoms with Crippen LogP contribution in [0.1, 0.15) is 5.56 Å². The van der Waals surface area contributed by atoms with Crippen molar-refractivity contribution in [3.8, 4) is 11.1 Å². The summed E-state index contributed by atoms with van der Waals surface area (Å²) in [5.41, 5.74) is 2.22. The molecule has 0 saturated heterocycles. The third kappa shape index (κ3) is 4.62. The van der Waals surface area contributed by atoms with Crippen LogP contribution in [0, 0.1) is 6.92 Å². The largest absolute Gasteiger partial charge is 0.382 e. The van der Waals surface area contributed by atoms with Gasteiger partial charge in [-0.2, -0.15) is 4.72 Å². The summed E-state index contributed by atoms with van der Waals surface area (Å²) in [6, 6.07) is 14.9. The quantitative estimate of drug-likeness (QED) is 0.595. The molecule has 0 heterocycles. The van der Waals surface area contributed by atoms with E-state index in [1.165, 1.54) is 0 Å². The van der Waals surface area contributed by atoms with Crippen molar-refractivity contribution in [1.82, 2.24) is 4.72 Å². The van der Waals surface area contributed by atoms with Gasteiger partial charge in [-0.15, -0.1) is 0 Å². The van der Waals surface area contributed by atoms with Gasteiger partial charge in [0.25, 0.3) is 0 Å². The highest BCUT2D eigenvalue weighted by atomic mass is 32.2. The van der Waals surface area contributed by atoms with Gasteiger partial charge in [0.1, 0.15) is 6.73 Å². The van der Waals surface area contributed by atoms with Crippen LogP contribution in [0.4, 0.5) is 0 Å². The molecule has 0 atom stereocenters. The van der Waals surface area contributed by atoms with Crippen LogP contribution in [0.15, 0.2) is 53.4 Å². The van der Waals surface area contributed by atoms with Gasteiger partial charge in [-0.05, 0) is 18.1 Å². The maximum absolute atomic E-state index is 12.7. The zero-order valence-corrected chi connectivity index (χ0v) is 14.1. The van der Waals surface area contributed by atoms with Crippen LogP contribution in [-0.4, -0.2) is 35.5 Å². The van der Waals surface area contributed by atoms with Crippen molar-refractivity contribution in [2.24, 2.45) is 0 Å². The molecule has 0 unspecified atom stereocenters. The normalized spacial score (nSPS) is 11.6. The Hall–Kier alpha value is -1.73. The molecule has 0 amide bonds. The van der Waals surface area contributed by atoms with Gasteiger partial charge < -0.3 is 9.47 Å². The van der Waals surface area contributed by atoms with Crippen molar-refractivity contribution in [3.05, 3.63) is 54.1 Å². The molecule has 0 radical (unpaired) electrons. The zero-order valence-electron chi connectivity index (χ0n) is 13.3. The number of benzene rings is 2. The Bertz CT molecular complexity index is 730. The molecule has 6 heteroatoms. The molecule has 0 aliphatic carbocycles. The van der Waals surface area contributed by atoms with E-state index in [1.54, 1.807) is 20.1 Å². The third-order valence-electron chi connectivity index (χ3n) is 3.35. The lowest BCUT2D eigenvalue weighted by Gasteiger charge is -2.14. The highest BCUT2D eigenvalue weighted by molar-refractivity contribution is 7.89. The van der Waals surface area contributed by atoms with Crippen LogP contribution in [0.2, 0.25) is 0 Å². The summed E-state index contributed by atoms with van der Waals surface area (Å²) >= 11 is 0. The van der Waals surface area contributed by atoms with Crippen LogP contribution < -0.4 is 4.72 Å². The number of hydrogen-bond acceptors (Lipinski definition) is 4. The van der Waals surface area contributed by atoms with E-state index in [2.05, 4.69) is 4.72 Å². The van der Waals surface area contributed by atoms with Gasteiger partial charge in [0.2, 0.25) is 10.0 Å². The fourth-order valence-corrected chi connectivity index (χ4v) is 3.61. The minimum absolute atomic E-state index is 0.0890. The van der Waals surface area contributed by atoms with E-state index in [0.717, 1.165) is 5.56 Å². The van der Waals surface area contributed by atoms with Gasteiger partial charge in [0.15, 0.2) is 0 Å². The summed E-state index contributed by atoms with van der Waals surface area (Å²) in [6.45, 7) is 2.45. The number of nitrogens with one attached hydrogen (secondary N) is 1. The van der Waals surface area contributed by atoms with Crippen LogP contribution in [0.3, 0.4) is 0 Å². The molecule has 0 fully saturated rings. The molecule has 0 bridgehead atoms. The number of rotatable bonds is 8. The van der Waals surface area contributed by atoms with Gasteiger partial charge in [0, 0.05) is 12.7 Å². The van der Waals surface area contributed by atoms with Crippen LogP contribution >= 0.6 is 0 Å². The molecule has 2 aromatic carbocycles. The lowest BCUT2D eigenvalue weighted by molar-refractivity contribution is 0.0688. The van der Waals surface area contributed by atoms with E-state index >= 15 is 0 Å². The van der Waals surface area contributed by atoms with Gasteiger partial charge in [-0.1, -0.05) is 48.5 Å². The molecule has 0 spiro atoms. The number of methoxy groups -OCH3 is 1. The molecule has 0 aliphatic heterocycles. The van der Waals surface area contributed by atoms with Crippen molar-refractivity contribution in [2.45, 2.75) is 11.8 Å². The highest BCUT2D eigenvalue weighted by Crippen LogP contribution is 2.29. The lowest BCUT2D eigenvalue weighted by Crippen LogP contribution is -2.28. The first-order valence-corrected chi connectivity index (χ1v) is 8.76. The van der Waals surface area contributed by atoms with Gasteiger partial charge >= 0.3 is 0 Å². The fourth-order valence-electron chi connectivity index (χ4n) is 2.26. The van der Waals surface area contributed by atoms with E-state index in [9.17, 15) is 8.42 Å². The fraction of sp³-hybridized carbons (Fsp3) is 0.294. The van der Waals surface area contributed by atoms with Crippen molar-refractivity contribution >= 4 is 10.0 Å². The SMILES string of the molecule is COCCOCNS(=O)(=O)c1c(C)cccc1-c1ccccc1. The Labute approximate surface area is 137 Å². The molecule has 0 aromatic heterocycles. The smallest absolute Gasteiger partial charge is 0.243 e. The minimum atomic E-state index is -3.67. The second-order valence-electron chi connectivity index (χ2n) is 5.01. The van der Waals surface area contributed by atoms with Gasteiger partial charge in [-0.3, -0.25) is 0 Å². The molecule has 2 rings (SSSR count). The average molecular weight is 335 g/mol. The molecular weight excluding hydrogens is 314 g/mol. The average Bonchev–Trinajstić information content (AvgIpc) is 2.55. The Kier molecular flexibility index (Phi) is 6.29. The summed E-state index contributed by atoms with van der Waals surface area (Å²) in [5.74, 6) is 0. The predicted molar refractivity (Wildman–Crippen MR) is 89.6 cm³/mol. The van der Waals surface area contributed by atoms with Crippen LogP contribution in [-0.2, 0) is 19.5 Å². The molecule has 2 aromatic rings. The van der Waals surface area contributed by atoms with Crippen molar-refractivity contribution in [2.75, 3.05) is 27.1 Å². The topological polar surface area (TPSA) is 64.6 Å². The maximum Gasteiger partial charge on any atom is 0.243 e. The standard InChI is InChI=1S/C17H21NO4S/c1-14-7-6-10-16(15-8-4-3-5-9-15)17(14)23(19,20)18-13-22-12-11-21-2/h3-10,18H,11-13H2,1-2H3. The zero-order chi connectivity index (χ0) is 16.7. The first-order chi connectivity index (χ1) is 11.1. The first-order valence-electron chi connectivity index (χ1n) is 7.27. The Morgan fingerprint density at radius 3 is 2.43 bits per heavy atom. The van der Waals surface area contributed by atoms with E-state index in [4.69, 9.17) is 9.47 Å². The van der Waals surface area contributed by atoms with Crippen molar-refractivity contribution < 1.29 is 17.9 Å². The van der Waals surface area contributed by atoms with Crippen LogP contribution in [0.5, 0.6) is 0 Å². The number of ether oxygens (including phenoxy) is 2. The Morgan fingerprint density at radius 2 is 1.74 bits per heavy atom. The number of sulfonamides is 1. The second kappa shape index (κ2) is 8.21. The molecule has 1 N–H and O–H groups in total. The number of aryl methyl sites for hydroxylation is 1. The molecule has 124 valence electrons. The summed E-state index contributed by atoms with van der Waals surface area (Å²) < 4.78 is 37.8. The van der Waals surface area contributed by atoms with E-state index < -0.39 is 10.0 Å². The lowest BCUT2D eigenvalue weighted by atomic mass is 10.0. The first kappa shape index (κ1) is 17.6. The van der Waals surface area contributed by atoms with E-state index in [1.807, 2.05) is 42.5 Å². The minimum Gasteiger partial charge on any atom is -0.382 e. The molecule has 5 nitrogen and oxygen atoms in total. The predicted octanol–water partition coefficient (Wildman–Crippen LogP) is 2.56. The van der Waals surface area contributed by atoms with Crippen molar-refractivity contribution in [3.63, 3.8) is 0 Å². The van der Waals surface area contributed by atoms with Crippen LogP contribution in [0.25, 0.3) is 11.1 Å². The molecule has 23 heavy (non-hydrogen) atoms. The maximum atomic E-state index is 12.7.